The third-order valence-corrected chi connectivity index (χ3v) is 4.80. The smallest absolute Gasteiger partial charge is 0.0697 e. The molecule has 2 aromatic rings. The summed E-state index contributed by atoms with van der Waals surface area (Å²) in [5, 5.41) is 3.72. The summed E-state index contributed by atoms with van der Waals surface area (Å²) in [6.07, 6.45) is 15.3. The molecule has 0 spiro atoms. The van der Waals surface area contributed by atoms with Gasteiger partial charge in [-0.2, -0.15) is 0 Å². The van der Waals surface area contributed by atoms with Crippen molar-refractivity contribution < 1.29 is 0 Å². The van der Waals surface area contributed by atoms with Crippen molar-refractivity contribution in [2.75, 3.05) is 5.32 Å². The molecule has 0 aliphatic heterocycles. The number of allylic oxidation sites excluding steroid dienone is 4. The zero-order valence-corrected chi connectivity index (χ0v) is 13.8. The van der Waals surface area contributed by atoms with Gasteiger partial charge in [-0.15, -0.1) is 0 Å². The van der Waals surface area contributed by atoms with Crippen molar-refractivity contribution in [2.24, 2.45) is 0 Å². The molecular formula is C23H21N. The maximum atomic E-state index is 3.72. The first-order valence-electron chi connectivity index (χ1n) is 8.50. The Labute approximate surface area is 143 Å². The van der Waals surface area contributed by atoms with Gasteiger partial charge in [0, 0.05) is 11.6 Å². The first kappa shape index (κ1) is 14.8. The lowest BCUT2D eigenvalue weighted by Crippen LogP contribution is -2.21. The highest BCUT2D eigenvalue weighted by Crippen LogP contribution is 2.38. The second-order valence-electron chi connectivity index (χ2n) is 6.21. The molecule has 2 aliphatic carbocycles. The molecule has 2 unspecified atom stereocenters. The van der Waals surface area contributed by atoms with Gasteiger partial charge in [0.05, 0.1) is 6.04 Å². The molecule has 0 saturated heterocycles. The van der Waals surface area contributed by atoms with E-state index in [1.54, 1.807) is 0 Å². The Morgan fingerprint density at radius 3 is 2.50 bits per heavy atom. The summed E-state index contributed by atoms with van der Waals surface area (Å²) in [4.78, 5) is 0. The van der Waals surface area contributed by atoms with Crippen LogP contribution in [0.5, 0.6) is 0 Å². The average Bonchev–Trinajstić information content (AvgIpc) is 3.07. The molecule has 1 N–H and O–H groups in total. The van der Waals surface area contributed by atoms with Crippen molar-refractivity contribution >= 4 is 11.8 Å². The van der Waals surface area contributed by atoms with Crippen molar-refractivity contribution in [1.29, 1.82) is 0 Å². The maximum absolute atomic E-state index is 3.72. The molecule has 118 valence electrons. The van der Waals surface area contributed by atoms with Gasteiger partial charge >= 0.3 is 0 Å². The second-order valence-corrected chi connectivity index (χ2v) is 6.21. The molecule has 2 atom stereocenters. The molecular weight excluding hydrogens is 290 g/mol. The van der Waals surface area contributed by atoms with Crippen LogP contribution in [0.15, 0.2) is 90.6 Å². The SMILES string of the molecule is CC=C1C=CC=CC1Nc1ccccc1C1C=Cc2ccccc21. The van der Waals surface area contributed by atoms with Crippen LogP contribution in [0.2, 0.25) is 0 Å². The number of hydrogen-bond donors (Lipinski definition) is 1. The van der Waals surface area contributed by atoms with Crippen LogP contribution in [0.1, 0.15) is 29.5 Å². The van der Waals surface area contributed by atoms with Crippen LogP contribution in [0.3, 0.4) is 0 Å². The molecule has 1 nitrogen and oxygen atoms in total. The molecule has 1 heteroatoms. The van der Waals surface area contributed by atoms with Crippen LogP contribution >= 0.6 is 0 Å². The second kappa shape index (κ2) is 6.37. The third kappa shape index (κ3) is 2.63. The zero-order valence-electron chi connectivity index (χ0n) is 13.8. The van der Waals surface area contributed by atoms with Gasteiger partial charge in [-0.3, -0.25) is 0 Å². The summed E-state index contributed by atoms with van der Waals surface area (Å²) in [7, 11) is 0. The fourth-order valence-corrected chi connectivity index (χ4v) is 3.55. The number of anilines is 1. The Bertz CT molecular complexity index is 867. The molecule has 0 fully saturated rings. The van der Waals surface area contributed by atoms with Crippen LogP contribution in [0, 0.1) is 0 Å². The van der Waals surface area contributed by atoms with E-state index >= 15 is 0 Å². The van der Waals surface area contributed by atoms with E-state index in [4.69, 9.17) is 0 Å². The first-order valence-corrected chi connectivity index (χ1v) is 8.50. The Morgan fingerprint density at radius 1 is 0.833 bits per heavy atom. The summed E-state index contributed by atoms with van der Waals surface area (Å²) in [5.41, 5.74) is 6.55. The number of nitrogens with one attached hydrogen (secondary N) is 1. The predicted octanol–water partition coefficient (Wildman–Crippen LogP) is 5.70. The highest BCUT2D eigenvalue weighted by molar-refractivity contribution is 5.69. The van der Waals surface area contributed by atoms with E-state index in [0.29, 0.717) is 5.92 Å². The van der Waals surface area contributed by atoms with Crippen molar-refractivity contribution in [3.8, 4) is 0 Å². The van der Waals surface area contributed by atoms with E-state index in [1.807, 2.05) is 0 Å². The molecule has 0 heterocycles. The fourth-order valence-electron chi connectivity index (χ4n) is 3.55. The molecule has 4 rings (SSSR count). The summed E-state index contributed by atoms with van der Waals surface area (Å²) in [6, 6.07) is 17.5. The minimum Gasteiger partial charge on any atom is -0.374 e. The topological polar surface area (TPSA) is 12.0 Å². The lowest BCUT2D eigenvalue weighted by atomic mass is 9.91. The zero-order chi connectivity index (χ0) is 16.4. The Balaban J connectivity index is 1.69. The minimum absolute atomic E-state index is 0.224. The van der Waals surface area contributed by atoms with Crippen molar-refractivity contribution in [1.82, 2.24) is 0 Å². The number of fused-ring (bicyclic) bond motifs is 1. The van der Waals surface area contributed by atoms with Crippen LogP contribution in [0.25, 0.3) is 6.08 Å². The average molecular weight is 311 g/mol. The molecule has 0 radical (unpaired) electrons. The van der Waals surface area contributed by atoms with E-state index in [9.17, 15) is 0 Å². The number of para-hydroxylation sites is 1. The van der Waals surface area contributed by atoms with Gasteiger partial charge in [0.2, 0.25) is 0 Å². The van der Waals surface area contributed by atoms with Crippen LogP contribution in [0.4, 0.5) is 5.69 Å². The summed E-state index contributed by atoms with van der Waals surface area (Å²) < 4.78 is 0. The molecule has 0 amide bonds. The van der Waals surface area contributed by atoms with E-state index in [-0.39, 0.29) is 6.04 Å². The standard InChI is InChI=1S/C23H21N/c1-2-17-9-4-7-13-22(17)24-23-14-8-6-12-21(23)20-16-15-18-10-3-5-11-19(18)20/h2-16,20,22,24H,1H3. The van der Waals surface area contributed by atoms with Crippen LogP contribution in [-0.4, -0.2) is 6.04 Å². The van der Waals surface area contributed by atoms with Crippen molar-refractivity contribution in [3.05, 3.63) is 107 Å². The van der Waals surface area contributed by atoms with E-state index in [2.05, 4.69) is 103 Å². The van der Waals surface area contributed by atoms with Gasteiger partial charge in [-0.25, -0.2) is 0 Å². The molecule has 0 aromatic heterocycles. The van der Waals surface area contributed by atoms with Crippen LogP contribution < -0.4 is 5.32 Å². The number of rotatable bonds is 3. The van der Waals surface area contributed by atoms with Crippen molar-refractivity contribution in [2.45, 2.75) is 18.9 Å². The molecule has 0 bridgehead atoms. The number of hydrogen-bond acceptors (Lipinski definition) is 1. The molecule has 2 aliphatic rings. The quantitative estimate of drug-likeness (QED) is 0.767. The van der Waals surface area contributed by atoms with Crippen molar-refractivity contribution in [3.63, 3.8) is 0 Å². The third-order valence-electron chi connectivity index (χ3n) is 4.80. The highest BCUT2D eigenvalue weighted by atomic mass is 14.9. The maximum Gasteiger partial charge on any atom is 0.0697 e. The lowest BCUT2D eigenvalue weighted by molar-refractivity contribution is 1.000. The summed E-state index contributed by atoms with van der Waals surface area (Å²) >= 11 is 0. The van der Waals surface area contributed by atoms with Crippen LogP contribution in [-0.2, 0) is 0 Å². The van der Waals surface area contributed by atoms with Gasteiger partial charge in [0.25, 0.3) is 0 Å². The van der Waals surface area contributed by atoms with Gasteiger partial charge in [-0.05, 0) is 35.3 Å². The molecule has 2 aromatic carbocycles. The fraction of sp³-hybridized carbons (Fsp3) is 0.130. The summed E-state index contributed by atoms with van der Waals surface area (Å²) in [6.45, 7) is 2.09. The lowest BCUT2D eigenvalue weighted by Gasteiger charge is -2.23. The minimum atomic E-state index is 0.224. The highest BCUT2D eigenvalue weighted by Gasteiger charge is 2.22. The predicted molar refractivity (Wildman–Crippen MR) is 103 cm³/mol. The van der Waals surface area contributed by atoms with E-state index in [1.165, 1.54) is 28.0 Å². The number of benzene rings is 2. The normalized spacial score (nSPS) is 22.8. The first-order chi connectivity index (χ1) is 11.9. The van der Waals surface area contributed by atoms with Gasteiger partial charge in [0.15, 0.2) is 0 Å². The Kier molecular flexibility index (Phi) is 3.92. The van der Waals surface area contributed by atoms with Gasteiger partial charge in [-0.1, -0.05) is 85.0 Å². The van der Waals surface area contributed by atoms with Gasteiger partial charge < -0.3 is 5.32 Å². The summed E-state index contributed by atoms with van der Waals surface area (Å²) in [5.74, 6) is 0.321. The largest absolute Gasteiger partial charge is 0.374 e. The van der Waals surface area contributed by atoms with Gasteiger partial charge in [0.1, 0.15) is 0 Å². The Morgan fingerprint density at radius 2 is 1.62 bits per heavy atom. The monoisotopic (exact) mass is 311 g/mol. The molecule has 24 heavy (non-hydrogen) atoms. The Hall–Kier alpha value is -2.80. The molecule has 0 saturated carbocycles. The van der Waals surface area contributed by atoms with E-state index < -0.39 is 0 Å². The van der Waals surface area contributed by atoms with E-state index in [0.717, 1.165) is 0 Å².